The van der Waals surface area contributed by atoms with Gasteiger partial charge in [-0.3, -0.25) is 19.5 Å². The Morgan fingerprint density at radius 3 is 2.55 bits per heavy atom. The number of fused-ring (bicyclic) bond motifs is 3. The van der Waals surface area contributed by atoms with E-state index in [-0.39, 0.29) is 23.0 Å². The van der Waals surface area contributed by atoms with E-state index in [0.717, 1.165) is 0 Å². The quantitative estimate of drug-likeness (QED) is 0.929. The van der Waals surface area contributed by atoms with Crippen LogP contribution in [0, 0.1) is 5.92 Å². The number of hydrogen-bond donors (Lipinski definition) is 1. The summed E-state index contributed by atoms with van der Waals surface area (Å²) >= 11 is 1.56. The largest absolute Gasteiger partial charge is 0.317 e. The maximum atomic E-state index is 13.0. The van der Waals surface area contributed by atoms with Crippen molar-refractivity contribution < 1.29 is 9.59 Å². The number of amides is 2. The lowest BCUT2D eigenvalue weighted by atomic mass is 9.87. The third kappa shape index (κ3) is 1.70. The third-order valence-electron chi connectivity index (χ3n) is 4.61. The summed E-state index contributed by atoms with van der Waals surface area (Å²) in [6, 6.07) is 3.56. The molecule has 0 saturated carbocycles. The standard InChI is InChI=1S/C16H21N3O2S/c1-9(2)15(5)14(21)18-16(22-10(3)4)12-11(7-6-8-17-12)13(20)19(15)16/h6-10H,1-5H3,(H,18,21). The Morgan fingerprint density at radius 1 is 1.27 bits per heavy atom. The first-order valence-corrected chi connectivity index (χ1v) is 8.43. The fraction of sp³-hybridized carbons (Fsp3) is 0.562. The number of carbonyl (C=O) groups is 2. The smallest absolute Gasteiger partial charge is 0.259 e. The molecular formula is C16H21N3O2S. The molecule has 0 radical (unpaired) electrons. The van der Waals surface area contributed by atoms with Crippen molar-refractivity contribution in [3.05, 3.63) is 29.6 Å². The lowest BCUT2D eigenvalue weighted by Gasteiger charge is -2.40. The van der Waals surface area contributed by atoms with Crippen molar-refractivity contribution in [3.63, 3.8) is 0 Å². The van der Waals surface area contributed by atoms with E-state index in [2.05, 4.69) is 24.1 Å². The molecule has 2 atom stereocenters. The highest BCUT2D eigenvalue weighted by Gasteiger charge is 2.67. The molecule has 1 N–H and O–H groups in total. The van der Waals surface area contributed by atoms with Gasteiger partial charge in [0.25, 0.3) is 5.91 Å². The van der Waals surface area contributed by atoms with Gasteiger partial charge in [0.2, 0.25) is 10.9 Å². The average Bonchev–Trinajstić information content (AvgIpc) is 2.80. The van der Waals surface area contributed by atoms with E-state index in [1.165, 1.54) is 0 Å². The Bertz CT molecular complexity index is 661. The van der Waals surface area contributed by atoms with Crippen LogP contribution in [0.2, 0.25) is 0 Å². The van der Waals surface area contributed by atoms with Gasteiger partial charge in [-0.25, -0.2) is 0 Å². The third-order valence-corrected chi connectivity index (χ3v) is 5.91. The van der Waals surface area contributed by atoms with Crippen LogP contribution in [-0.2, 0) is 9.79 Å². The topological polar surface area (TPSA) is 62.3 Å². The Hall–Kier alpha value is -1.56. The zero-order chi connectivity index (χ0) is 16.3. The summed E-state index contributed by atoms with van der Waals surface area (Å²) in [6.07, 6.45) is 1.68. The van der Waals surface area contributed by atoms with E-state index >= 15 is 0 Å². The Kier molecular flexibility index (Phi) is 3.29. The minimum Gasteiger partial charge on any atom is -0.317 e. The van der Waals surface area contributed by atoms with Crippen LogP contribution in [0.1, 0.15) is 50.7 Å². The van der Waals surface area contributed by atoms with Crippen molar-refractivity contribution in [1.82, 2.24) is 15.2 Å². The zero-order valence-corrected chi connectivity index (χ0v) is 14.3. The molecule has 5 nitrogen and oxygen atoms in total. The van der Waals surface area contributed by atoms with Crippen LogP contribution >= 0.6 is 11.8 Å². The number of carbonyl (C=O) groups excluding carboxylic acids is 2. The van der Waals surface area contributed by atoms with Crippen molar-refractivity contribution in [2.24, 2.45) is 5.92 Å². The zero-order valence-electron chi connectivity index (χ0n) is 13.5. The van der Waals surface area contributed by atoms with Crippen molar-refractivity contribution in [1.29, 1.82) is 0 Å². The lowest BCUT2D eigenvalue weighted by Crippen LogP contribution is -2.54. The predicted octanol–water partition coefficient (Wildman–Crippen LogP) is 2.33. The molecule has 3 heterocycles. The molecule has 3 rings (SSSR count). The first kappa shape index (κ1) is 15.3. The van der Waals surface area contributed by atoms with E-state index in [1.54, 1.807) is 35.0 Å². The van der Waals surface area contributed by atoms with Crippen LogP contribution in [0.4, 0.5) is 0 Å². The van der Waals surface area contributed by atoms with E-state index < -0.39 is 10.5 Å². The number of nitrogens with one attached hydrogen (secondary N) is 1. The minimum absolute atomic E-state index is 0.000370. The van der Waals surface area contributed by atoms with E-state index in [4.69, 9.17) is 0 Å². The fourth-order valence-electron chi connectivity index (χ4n) is 3.25. The second kappa shape index (κ2) is 4.72. The first-order valence-electron chi connectivity index (χ1n) is 7.55. The molecule has 118 valence electrons. The molecule has 2 aliphatic rings. The van der Waals surface area contributed by atoms with Crippen LogP contribution in [0.25, 0.3) is 0 Å². The number of hydrogen-bond acceptors (Lipinski definition) is 4. The highest BCUT2D eigenvalue weighted by Crippen LogP contribution is 2.54. The Morgan fingerprint density at radius 2 is 1.95 bits per heavy atom. The molecule has 0 bridgehead atoms. The molecule has 0 aromatic carbocycles. The van der Waals surface area contributed by atoms with E-state index in [0.29, 0.717) is 11.3 Å². The average molecular weight is 319 g/mol. The number of pyridine rings is 1. The van der Waals surface area contributed by atoms with Gasteiger partial charge in [-0.05, 0) is 25.0 Å². The minimum atomic E-state index is -0.891. The molecule has 1 aromatic rings. The van der Waals surface area contributed by atoms with Gasteiger partial charge in [0.05, 0.1) is 5.56 Å². The second-order valence-corrected chi connectivity index (χ2v) is 8.38. The summed E-state index contributed by atoms with van der Waals surface area (Å²) in [6.45, 7) is 9.90. The van der Waals surface area contributed by atoms with Crippen LogP contribution in [0.15, 0.2) is 18.3 Å². The van der Waals surface area contributed by atoms with Gasteiger partial charge in [0.15, 0.2) is 0 Å². The Labute approximate surface area is 134 Å². The Balaban J connectivity index is 2.26. The molecule has 0 aliphatic carbocycles. The molecule has 1 aromatic heterocycles. The number of nitrogens with zero attached hydrogens (tertiary/aromatic N) is 2. The van der Waals surface area contributed by atoms with Crippen molar-refractivity contribution >= 4 is 23.6 Å². The van der Waals surface area contributed by atoms with E-state index in [1.807, 2.05) is 20.8 Å². The van der Waals surface area contributed by atoms with Crippen molar-refractivity contribution in [3.8, 4) is 0 Å². The van der Waals surface area contributed by atoms with Crippen LogP contribution in [0.5, 0.6) is 0 Å². The molecule has 22 heavy (non-hydrogen) atoms. The highest BCUT2D eigenvalue weighted by atomic mass is 32.2. The molecule has 6 heteroatoms. The van der Waals surface area contributed by atoms with Gasteiger partial charge in [0.1, 0.15) is 11.2 Å². The maximum absolute atomic E-state index is 13.0. The summed E-state index contributed by atoms with van der Waals surface area (Å²) in [7, 11) is 0. The number of thioether (sulfide) groups is 1. The maximum Gasteiger partial charge on any atom is 0.259 e. The monoisotopic (exact) mass is 319 g/mol. The first-order chi connectivity index (χ1) is 10.2. The molecule has 2 unspecified atom stereocenters. The van der Waals surface area contributed by atoms with Gasteiger partial charge in [0, 0.05) is 11.4 Å². The van der Waals surface area contributed by atoms with Crippen molar-refractivity contribution in [2.45, 2.75) is 50.4 Å². The predicted molar refractivity (Wildman–Crippen MR) is 86.2 cm³/mol. The summed E-state index contributed by atoms with van der Waals surface area (Å²) in [5.74, 6) is -0.230. The molecule has 1 saturated heterocycles. The van der Waals surface area contributed by atoms with Crippen molar-refractivity contribution in [2.75, 3.05) is 0 Å². The lowest BCUT2D eigenvalue weighted by molar-refractivity contribution is -0.127. The molecule has 2 amide bonds. The van der Waals surface area contributed by atoms with Gasteiger partial charge in [-0.15, -0.1) is 11.8 Å². The number of rotatable bonds is 3. The van der Waals surface area contributed by atoms with E-state index in [9.17, 15) is 9.59 Å². The summed E-state index contributed by atoms with van der Waals surface area (Å²) < 4.78 is 0. The molecule has 0 spiro atoms. The van der Waals surface area contributed by atoms with Gasteiger partial charge < -0.3 is 5.32 Å². The normalized spacial score (nSPS) is 30.0. The molecule has 2 aliphatic heterocycles. The van der Waals surface area contributed by atoms with Crippen LogP contribution < -0.4 is 5.32 Å². The van der Waals surface area contributed by atoms with Crippen LogP contribution in [-0.4, -0.2) is 32.5 Å². The number of aromatic nitrogens is 1. The highest BCUT2D eigenvalue weighted by molar-refractivity contribution is 8.00. The summed E-state index contributed by atoms with van der Waals surface area (Å²) in [5.41, 5.74) is 0.360. The summed E-state index contributed by atoms with van der Waals surface area (Å²) in [4.78, 5) is 31.0. The van der Waals surface area contributed by atoms with Gasteiger partial charge in [-0.1, -0.05) is 27.7 Å². The fourth-order valence-corrected chi connectivity index (χ4v) is 4.74. The second-order valence-electron chi connectivity index (χ2n) is 6.61. The van der Waals surface area contributed by atoms with Gasteiger partial charge in [-0.2, -0.15) is 0 Å². The van der Waals surface area contributed by atoms with Gasteiger partial charge >= 0.3 is 0 Å². The summed E-state index contributed by atoms with van der Waals surface area (Å²) in [5, 5.41) is 3.32. The molecule has 1 fully saturated rings. The van der Waals surface area contributed by atoms with Crippen LogP contribution in [0.3, 0.4) is 0 Å². The molecular weight excluding hydrogens is 298 g/mol. The SMILES string of the molecule is CC(C)SC12NC(=O)C(C)(C(C)C)N1C(=O)c1cccnc12.